The molecular weight excluding hydrogens is 300 g/mol. The van der Waals surface area contributed by atoms with Gasteiger partial charge in [-0.3, -0.25) is 14.9 Å². The molecule has 0 spiro atoms. The number of nitro groups is 1. The van der Waals surface area contributed by atoms with Gasteiger partial charge in [-0.25, -0.2) is 0 Å². The van der Waals surface area contributed by atoms with Crippen molar-refractivity contribution in [2.45, 2.75) is 6.42 Å². The lowest BCUT2D eigenvalue weighted by atomic mass is 10.1. The molecule has 1 heterocycles. The van der Waals surface area contributed by atoms with Crippen LogP contribution in [0.15, 0.2) is 35.3 Å². The topological polar surface area (TPSA) is 63.5 Å². The average Bonchev–Trinajstić information content (AvgIpc) is 2.70. The second-order valence-corrected chi connectivity index (χ2v) is 4.95. The van der Waals surface area contributed by atoms with Crippen LogP contribution in [-0.4, -0.2) is 17.4 Å². The molecule has 1 aromatic carbocycles. The number of hydrogen-bond donors (Lipinski definition) is 0. The lowest BCUT2D eigenvalue weighted by Crippen LogP contribution is -2.24. The van der Waals surface area contributed by atoms with Gasteiger partial charge in [0, 0.05) is 30.6 Å². The second kappa shape index (κ2) is 4.89. The van der Waals surface area contributed by atoms with Gasteiger partial charge in [-0.05, 0) is 28.1 Å². The molecule has 18 heavy (non-hydrogen) atoms. The molecule has 1 aliphatic heterocycles. The Morgan fingerprint density at radius 1 is 1.56 bits per heavy atom. The van der Waals surface area contributed by atoms with E-state index in [1.807, 2.05) is 0 Å². The number of nitro benzene ring substituents is 1. The molecule has 0 radical (unpaired) electrons. The van der Waals surface area contributed by atoms with Gasteiger partial charge >= 0.3 is 0 Å². The summed E-state index contributed by atoms with van der Waals surface area (Å²) >= 11 is 3.15. The maximum Gasteiger partial charge on any atom is 0.283 e. The molecule has 1 amide bonds. The van der Waals surface area contributed by atoms with Gasteiger partial charge in [0.15, 0.2) is 0 Å². The van der Waals surface area contributed by atoms with E-state index in [1.165, 1.54) is 6.07 Å². The number of amides is 1. The lowest BCUT2D eigenvalue weighted by Gasteiger charge is -2.16. The highest BCUT2D eigenvalue weighted by atomic mass is 79.9. The van der Waals surface area contributed by atoms with E-state index in [2.05, 4.69) is 22.5 Å². The molecule has 0 saturated carbocycles. The Morgan fingerprint density at radius 2 is 2.28 bits per heavy atom. The van der Waals surface area contributed by atoms with Crippen molar-refractivity contribution >= 4 is 33.2 Å². The summed E-state index contributed by atoms with van der Waals surface area (Å²) in [6.45, 7) is 4.26. The fourth-order valence-electron chi connectivity index (χ4n) is 1.95. The van der Waals surface area contributed by atoms with Crippen LogP contribution in [0.4, 0.5) is 11.4 Å². The zero-order chi connectivity index (χ0) is 13.3. The van der Waals surface area contributed by atoms with Gasteiger partial charge in [-0.15, -0.1) is 6.58 Å². The van der Waals surface area contributed by atoms with E-state index in [4.69, 9.17) is 0 Å². The maximum atomic E-state index is 11.8. The fourth-order valence-corrected chi connectivity index (χ4v) is 2.47. The zero-order valence-corrected chi connectivity index (χ0v) is 11.1. The van der Waals surface area contributed by atoms with Crippen LogP contribution in [0.5, 0.6) is 0 Å². The number of rotatable bonds is 3. The summed E-state index contributed by atoms with van der Waals surface area (Å²) in [7, 11) is 0. The van der Waals surface area contributed by atoms with Crippen LogP contribution in [0.3, 0.4) is 0 Å². The van der Waals surface area contributed by atoms with E-state index in [9.17, 15) is 14.9 Å². The molecule has 1 fully saturated rings. The Hall–Kier alpha value is -1.69. The molecule has 1 atom stereocenters. The van der Waals surface area contributed by atoms with Gasteiger partial charge in [0.1, 0.15) is 0 Å². The van der Waals surface area contributed by atoms with E-state index in [-0.39, 0.29) is 17.5 Å². The Kier molecular flexibility index (Phi) is 3.47. The summed E-state index contributed by atoms with van der Waals surface area (Å²) in [5.41, 5.74) is 0.660. The molecule has 2 rings (SSSR count). The Balaban J connectivity index is 2.30. The average molecular weight is 311 g/mol. The number of benzene rings is 1. The Bertz CT molecular complexity index is 530. The van der Waals surface area contributed by atoms with Crippen molar-refractivity contribution in [3.8, 4) is 0 Å². The standard InChI is InChI=1S/C12H11BrN2O3/c1-2-8-5-12(16)14(7-8)9-3-4-11(15(17)18)10(13)6-9/h2-4,6,8H,1,5,7H2. The molecule has 94 valence electrons. The molecule has 0 aliphatic carbocycles. The summed E-state index contributed by atoms with van der Waals surface area (Å²) in [6.07, 6.45) is 2.20. The van der Waals surface area contributed by atoms with Crippen molar-refractivity contribution in [2.24, 2.45) is 5.92 Å². The summed E-state index contributed by atoms with van der Waals surface area (Å²) < 4.78 is 0.375. The summed E-state index contributed by atoms with van der Waals surface area (Å²) in [6, 6.07) is 4.59. The van der Waals surface area contributed by atoms with Crippen molar-refractivity contribution in [3.05, 3.63) is 45.4 Å². The predicted molar refractivity (Wildman–Crippen MR) is 71.5 cm³/mol. The second-order valence-electron chi connectivity index (χ2n) is 4.10. The van der Waals surface area contributed by atoms with Crippen LogP contribution >= 0.6 is 15.9 Å². The molecule has 0 aromatic heterocycles. The minimum Gasteiger partial charge on any atom is -0.312 e. The van der Waals surface area contributed by atoms with E-state index in [1.54, 1.807) is 23.1 Å². The molecule has 1 aliphatic rings. The highest BCUT2D eigenvalue weighted by Crippen LogP contribution is 2.32. The molecule has 1 saturated heterocycles. The van der Waals surface area contributed by atoms with Gasteiger partial charge in [0.2, 0.25) is 5.91 Å². The van der Waals surface area contributed by atoms with E-state index in [0.29, 0.717) is 23.1 Å². The van der Waals surface area contributed by atoms with Gasteiger partial charge in [0.25, 0.3) is 5.69 Å². The minimum atomic E-state index is -0.466. The Labute approximate surface area is 112 Å². The molecule has 6 heteroatoms. The lowest BCUT2D eigenvalue weighted by molar-refractivity contribution is -0.385. The number of carbonyl (C=O) groups is 1. The third-order valence-corrected chi connectivity index (χ3v) is 3.56. The van der Waals surface area contributed by atoms with Crippen LogP contribution in [0.25, 0.3) is 0 Å². The van der Waals surface area contributed by atoms with Crippen LogP contribution in [0, 0.1) is 16.0 Å². The van der Waals surface area contributed by atoms with Crippen molar-refractivity contribution in [2.75, 3.05) is 11.4 Å². The van der Waals surface area contributed by atoms with E-state index in [0.717, 1.165) is 0 Å². The normalized spacial score (nSPS) is 19.1. The molecule has 5 nitrogen and oxygen atoms in total. The summed E-state index contributed by atoms with van der Waals surface area (Å²) in [4.78, 5) is 23.7. The van der Waals surface area contributed by atoms with Crippen LogP contribution in [0.2, 0.25) is 0 Å². The summed E-state index contributed by atoms with van der Waals surface area (Å²) in [5, 5.41) is 10.7. The first-order valence-electron chi connectivity index (χ1n) is 5.39. The van der Waals surface area contributed by atoms with Crippen molar-refractivity contribution in [3.63, 3.8) is 0 Å². The predicted octanol–water partition coefficient (Wildman–Crippen LogP) is 2.90. The third kappa shape index (κ3) is 2.28. The first-order valence-corrected chi connectivity index (χ1v) is 6.19. The van der Waals surface area contributed by atoms with Gasteiger partial charge in [-0.2, -0.15) is 0 Å². The van der Waals surface area contributed by atoms with Crippen LogP contribution in [-0.2, 0) is 4.79 Å². The molecule has 1 aromatic rings. The third-order valence-electron chi connectivity index (χ3n) is 2.93. The highest BCUT2D eigenvalue weighted by Gasteiger charge is 2.29. The number of carbonyl (C=O) groups excluding carboxylic acids is 1. The number of anilines is 1. The maximum absolute atomic E-state index is 11.8. The van der Waals surface area contributed by atoms with Crippen LogP contribution in [0.1, 0.15) is 6.42 Å². The number of nitrogens with zero attached hydrogens (tertiary/aromatic N) is 2. The smallest absolute Gasteiger partial charge is 0.283 e. The molecular formula is C12H11BrN2O3. The first kappa shape index (κ1) is 12.8. The minimum absolute atomic E-state index is 0.00864. The largest absolute Gasteiger partial charge is 0.312 e. The first-order chi connectivity index (χ1) is 8.52. The SMILES string of the molecule is C=CC1CC(=O)N(c2ccc([N+](=O)[O-])c(Br)c2)C1. The monoisotopic (exact) mass is 310 g/mol. The van der Waals surface area contributed by atoms with Gasteiger partial charge in [0.05, 0.1) is 9.40 Å². The number of halogens is 1. The van der Waals surface area contributed by atoms with Crippen molar-refractivity contribution in [1.82, 2.24) is 0 Å². The van der Waals surface area contributed by atoms with Crippen molar-refractivity contribution in [1.29, 1.82) is 0 Å². The highest BCUT2D eigenvalue weighted by molar-refractivity contribution is 9.10. The van der Waals surface area contributed by atoms with Gasteiger partial charge < -0.3 is 4.90 Å². The van der Waals surface area contributed by atoms with E-state index < -0.39 is 4.92 Å². The molecule has 0 bridgehead atoms. The number of hydrogen-bond acceptors (Lipinski definition) is 3. The zero-order valence-electron chi connectivity index (χ0n) is 9.51. The van der Waals surface area contributed by atoms with Gasteiger partial charge in [-0.1, -0.05) is 6.08 Å². The molecule has 1 unspecified atom stereocenters. The molecule has 0 N–H and O–H groups in total. The summed E-state index contributed by atoms with van der Waals surface area (Å²) in [5.74, 6) is 0.159. The fraction of sp³-hybridized carbons (Fsp3) is 0.250. The van der Waals surface area contributed by atoms with Crippen LogP contribution < -0.4 is 4.90 Å². The van der Waals surface area contributed by atoms with E-state index >= 15 is 0 Å². The quantitative estimate of drug-likeness (QED) is 0.490. The Morgan fingerprint density at radius 3 is 2.78 bits per heavy atom. The van der Waals surface area contributed by atoms with Crippen molar-refractivity contribution < 1.29 is 9.72 Å².